The molecule has 8 heteroatoms. The molecule has 0 saturated heterocycles. The maximum absolute atomic E-state index is 13.6. The van der Waals surface area contributed by atoms with Crippen LogP contribution in [-0.4, -0.2) is 25.8 Å². The number of carboxylic acids is 1. The van der Waals surface area contributed by atoms with Gasteiger partial charge in [0.2, 0.25) is 0 Å². The number of nitro benzene ring substituents is 1. The summed E-state index contributed by atoms with van der Waals surface area (Å²) in [4.78, 5) is 20.3. The molecule has 0 aliphatic heterocycles. The van der Waals surface area contributed by atoms with Gasteiger partial charge in [-0.25, -0.2) is 13.9 Å². The zero-order valence-corrected chi connectivity index (χ0v) is 8.78. The number of carbonyl (C=O) groups is 1. The first-order valence-corrected chi connectivity index (χ1v) is 4.71. The van der Waals surface area contributed by atoms with Gasteiger partial charge in [0, 0.05) is 12.3 Å². The van der Waals surface area contributed by atoms with Gasteiger partial charge >= 0.3 is 5.97 Å². The lowest BCUT2D eigenvalue weighted by Gasteiger charge is -2.02. The van der Waals surface area contributed by atoms with Crippen LogP contribution in [0.25, 0.3) is 5.69 Å². The number of nitro groups is 1. The van der Waals surface area contributed by atoms with Crippen LogP contribution in [0.4, 0.5) is 10.1 Å². The molecule has 0 amide bonds. The molecule has 92 valence electrons. The van der Waals surface area contributed by atoms with E-state index >= 15 is 0 Å². The zero-order chi connectivity index (χ0) is 13.3. The molecule has 0 spiro atoms. The Hall–Kier alpha value is -2.77. The van der Waals surface area contributed by atoms with Crippen LogP contribution >= 0.6 is 0 Å². The Morgan fingerprint density at radius 3 is 2.72 bits per heavy atom. The van der Waals surface area contributed by atoms with E-state index in [0.717, 1.165) is 35.3 Å². The highest BCUT2D eigenvalue weighted by Crippen LogP contribution is 2.19. The molecule has 1 aromatic heterocycles. The predicted octanol–water partition coefficient (Wildman–Crippen LogP) is 1.62. The Kier molecular flexibility index (Phi) is 2.76. The molecule has 0 saturated carbocycles. The number of carboxylic acid groups (broad SMARTS) is 1. The average Bonchev–Trinajstić information content (AvgIpc) is 2.78. The molecule has 2 rings (SSSR count). The summed E-state index contributed by atoms with van der Waals surface area (Å²) in [6.45, 7) is 0. The molecule has 18 heavy (non-hydrogen) atoms. The maximum atomic E-state index is 13.6. The van der Waals surface area contributed by atoms with Crippen molar-refractivity contribution < 1.29 is 19.2 Å². The fourth-order valence-electron chi connectivity index (χ4n) is 1.36. The normalized spacial score (nSPS) is 10.3. The lowest BCUT2D eigenvalue weighted by molar-refractivity contribution is -0.385. The van der Waals surface area contributed by atoms with E-state index in [2.05, 4.69) is 5.10 Å². The second kappa shape index (κ2) is 4.24. The average molecular weight is 251 g/mol. The Bertz CT molecular complexity index is 638. The monoisotopic (exact) mass is 251 g/mol. The van der Waals surface area contributed by atoms with E-state index in [1.165, 1.54) is 0 Å². The molecule has 0 aliphatic carbocycles. The lowest BCUT2D eigenvalue weighted by Crippen LogP contribution is -2.00. The predicted molar refractivity (Wildman–Crippen MR) is 57.1 cm³/mol. The highest BCUT2D eigenvalue weighted by molar-refractivity contribution is 5.86. The summed E-state index contributed by atoms with van der Waals surface area (Å²) in [5.74, 6) is -2.05. The van der Waals surface area contributed by atoms with E-state index in [4.69, 9.17) is 5.11 Å². The Balaban J connectivity index is 2.44. The van der Waals surface area contributed by atoms with Gasteiger partial charge in [0.25, 0.3) is 5.69 Å². The quantitative estimate of drug-likeness (QED) is 0.660. The third kappa shape index (κ3) is 2.03. The number of rotatable bonds is 3. The lowest BCUT2D eigenvalue weighted by atomic mass is 10.2. The van der Waals surface area contributed by atoms with Gasteiger partial charge in [-0.05, 0) is 6.07 Å². The Labute approximate surface area is 99.2 Å². The molecule has 0 unspecified atom stereocenters. The van der Waals surface area contributed by atoms with Crippen LogP contribution in [0.2, 0.25) is 0 Å². The summed E-state index contributed by atoms with van der Waals surface area (Å²) in [5, 5.41) is 22.8. The van der Waals surface area contributed by atoms with Gasteiger partial charge in [0.05, 0.1) is 22.7 Å². The minimum atomic E-state index is -1.19. The van der Waals surface area contributed by atoms with Crippen LogP contribution in [0, 0.1) is 15.9 Å². The molecule has 0 fully saturated rings. The third-order valence-electron chi connectivity index (χ3n) is 2.22. The van der Waals surface area contributed by atoms with Crippen molar-refractivity contribution in [1.82, 2.24) is 9.78 Å². The standard InChI is InChI=1S/C10H6FN3O4/c11-8-3-7(14(17)18)1-2-9(8)13-5-6(4-12-13)10(15)16/h1-5H,(H,15,16). The first-order chi connectivity index (χ1) is 8.49. The minimum Gasteiger partial charge on any atom is -0.478 e. The van der Waals surface area contributed by atoms with Crippen LogP contribution in [-0.2, 0) is 0 Å². The SMILES string of the molecule is O=C(O)c1cnn(-c2ccc([N+](=O)[O-])cc2F)c1. The van der Waals surface area contributed by atoms with Gasteiger partial charge in [0.15, 0.2) is 5.82 Å². The molecular weight excluding hydrogens is 245 g/mol. The van der Waals surface area contributed by atoms with Crippen LogP contribution < -0.4 is 0 Å². The molecule has 0 radical (unpaired) electrons. The maximum Gasteiger partial charge on any atom is 0.338 e. The van der Waals surface area contributed by atoms with E-state index < -0.39 is 16.7 Å². The first-order valence-electron chi connectivity index (χ1n) is 4.71. The van der Waals surface area contributed by atoms with Gasteiger partial charge < -0.3 is 5.11 Å². The third-order valence-corrected chi connectivity index (χ3v) is 2.22. The summed E-state index contributed by atoms with van der Waals surface area (Å²) in [6.07, 6.45) is 2.18. The van der Waals surface area contributed by atoms with Crippen molar-refractivity contribution in [1.29, 1.82) is 0 Å². The number of non-ortho nitro benzene ring substituents is 1. The number of aromatic carboxylic acids is 1. The molecule has 0 atom stereocenters. The van der Waals surface area contributed by atoms with Crippen molar-refractivity contribution in [2.75, 3.05) is 0 Å². The fourth-order valence-corrected chi connectivity index (χ4v) is 1.36. The van der Waals surface area contributed by atoms with Gasteiger partial charge in [-0.15, -0.1) is 0 Å². The van der Waals surface area contributed by atoms with E-state index in [9.17, 15) is 19.3 Å². The summed E-state index contributed by atoms with van der Waals surface area (Å²) >= 11 is 0. The molecule has 0 aliphatic rings. The molecule has 2 aromatic rings. The number of halogens is 1. The summed E-state index contributed by atoms with van der Waals surface area (Å²) in [5.41, 5.74) is -0.553. The van der Waals surface area contributed by atoms with Gasteiger partial charge in [-0.3, -0.25) is 10.1 Å². The Morgan fingerprint density at radius 2 is 2.22 bits per heavy atom. The highest BCUT2D eigenvalue weighted by Gasteiger charge is 2.14. The molecule has 1 N–H and O–H groups in total. The molecule has 0 bridgehead atoms. The van der Waals surface area contributed by atoms with Crippen molar-refractivity contribution in [2.45, 2.75) is 0 Å². The van der Waals surface area contributed by atoms with Crippen LogP contribution in [0.1, 0.15) is 10.4 Å². The number of benzene rings is 1. The topological polar surface area (TPSA) is 98.3 Å². The Morgan fingerprint density at radius 1 is 1.50 bits per heavy atom. The van der Waals surface area contributed by atoms with Crippen LogP contribution in [0.3, 0.4) is 0 Å². The summed E-state index contributed by atoms with van der Waals surface area (Å²) < 4.78 is 14.6. The molecule has 1 heterocycles. The number of aromatic nitrogens is 2. The smallest absolute Gasteiger partial charge is 0.338 e. The van der Waals surface area contributed by atoms with Crippen LogP contribution in [0.15, 0.2) is 30.6 Å². The number of hydrogen-bond donors (Lipinski definition) is 1. The highest BCUT2D eigenvalue weighted by atomic mass is 19.1. The largest absolute Gasteiger partial charge is 0.478 e. The van der Waals surface area contributed by atoms with Gasteiger partial charge in [-0.1, -0.05) is 0 Å². The molecule has 7 nitrogen and oxygen atoms in total. The molecule has 1 aromatic carbocycles. The fraction of sp³-hybridized carbons (Fsp3) is 0. The van der Waals surface area contributed by atoms with E-state index in [-0.39, 0.29) is 16.9 Å². The van der Waals surface area contributed by atoms with Crippen molar-refractivity contribution in [3.8, 4) is 5.69 Å². The summed E-state index contributed by atoms with van der Waals surface area (Å²) in [7, 11) is 0. The minimum absolute atomic E-state index is 0.0619. The van der Waals surface area contributed by atoms with Crippen LogP contribution in [0.5, 0.6) is 0 Å². The second-order valence-electron chi connectivity index (χ2n) is 3.37. The zero-order valence-electron chi connectivity index (χ0n) is 8.78. The van der Waals surface area contributed by atoms with E-state index in [1.54, 1.807) is 0 Å². The number of hydrogen-bond acceptors (Lipinski definition) is 4. The van der Waals surface area contributed by atoms with Crippen molar-refractivity contribution in [3.05, 3.63) is 52.1 Å². The van der Waals surface area contributed by atoms with Gasteiger partial charge in [-0.2, -0.15) is 5.10 Å². The summed E-state index contributed by atoms with van der Waals surface area (Å²) in [6, 6.07) is 3.02. The van der Waals surface area contributed by atoms with Gasteiger partial charge in [0.1, 0.15) is 5.69 Å². The number of nitrogens with zero attached hydrogens (tertiary/aromatic N) is 3. The first kappa shape index (κ1) is 11.7. The molecular formula is C10H6FN3O4. The van der Waals surface area contributed by atoms with E-state index in [1.807, 2.05) is 0 Å². The second-order valence-corrected chi connectivity index (χ2v) is 3.37. The van der Waals surface area contributed by atoms with Crippen molar-refractivity contribution >= 4 is 11.7 Å². The van der Waals surface area contributed by atoms with E-state index in [0.29, 0.717) is 0 Å². The van der Waals surface area contributed by atoms with Crippen molar-refractivity contribution in [3.63, 3.8) is 0 Å². The van der Waals surface area contributed by atoms with Crippen molar-refractivity contribution in [2.24, 2.45) is 0 Å².